The van der Waals surface area contributed by atoms with E-state index in [2.05, 4.69) is 20.4 Å². The third kappa shape index (κ3) is 5.72. The van der Waals surface area contributed by atoms with Gasteiger partial charge in [0.15, 0.2) is 0 Å². The number of carbonyl (C=O) groups is 2. The monoisotopic (exact) mass is 432 g/mol. The molecule has 3 aliphatic rings. The van der Waals surface area contributed by atoms with E-state index in [1.807, 2.05) is 5.01 Å². The smallest absolute Gasteiger partial charge is 0.249 e. The van der Waals surface area contributed by atoms with Crippen LogP contribution in [0.1, 0.15) is 32.1 Å². The van der Waals surface area contributed by atoms with Crippen LogP contribution in [0, 0.1) is 11.7 Å². The number of hydrogen-bond donors (Lipinski definition) is 3. The molecular formula is C22H33FN6O2. The number of imide groups is 1. The summed E-state index contributed by atoms with van der Waals surface area (Å²) < 4.78 is 14.8. The molecule has 3 heterocycles. The van der Waals surface area contributed by atoms with Gasteiger partial charge >= 0.3 is 0 Å². The van der Waals surface area contributed by atoms with E-state index in [1.54, 1.807) is 12.1 Å². The van der Waals surface area contributed by atoms with Gasteiger partial charge in [-0.1, -0.05) is 0 Å². The Morgan fingerprint density at radius 1 is 1.06 bits per heavy atom. The van der Waals surface area contributed by atoms with Gasteiger partial charge in [0.2, 0.25) is 11.8 Å². The summed E-state index contributed by atoms with van der Waals surface area (Å²) in [6.07, 6.45) is 4.28. The standard InChI is InChI=1S/C22H33FN6O2/c23-18-15-17(25-19-2-4-21(30)26-22(19)31)1-3-20(18)28-13-11-27(12-14-28)8-5-16-6-9-29(24)10-7-16/h1,3,15-16,19,25H,2,4-14,24H2,(H,26,30,31). The molecule has 4 N–H and O–H groups in total. The molecule has 0 aromatic heterocycles. The molecule has 3 aliphatic heterocycles. The van der Waals surface area contributed by atoms with Crippen molar-refractivity contribution < 1.29 is 14.0 Å². The van der Waals surface area contributed by atoms with Crippen LogP contribution in [0.4, 0.5) is 15.8 Å². The summed E-state index contributed by atoms with van der Waals surface area (Å²) in [5, 5.41) is 7.26. The van der Waals surface area contributed by atoms with Crippen LogP contribution in [0.25, 0.3) is 0 Å². The minimum absolute atomic E-state index is 0.260. The van der Waals surface area contributed by atoms with Gasteiger partial charge in [0, 0.05) is 51.4 Å². The Balaban J connectivity index is 1.25. The summed E-state index contributed by atoms with van der Waals surface area (Å²) in [6.45, 7) is 6.56. The Bertz CT molecular complexity index is 790. The van der Waals surface area contributed by atoms with E-state index in [1.165, 1.54) is 25.3 Å². The average Bonchev–Trinajstić information content (AvgIpc) is 2.76. The number of anilines is 2. The van der Waals surface area contributed by atoms with Gasteiger partial charge in [-0.25, -0.2) is 9.40 Å². The Hall–Kier alpha value is -2.23. The molecule has 1 unspecified atom stereocenters. The first-order valence-electron chi connectivity index (χ1n) is 11.3. The van der Waals surface area contributed by atoms with E-state index >= 15 is 0 Å². The van der Waals surface area contributed by atoms with Gasteiger partial charge in [0.25, 0.3) is 0 Å². The molecule has 9 heteroatoms. The first-order valence-corrected chi connectivity index (χ1v) is 11.3. The highest BCUT2D eigenvalue weighted by atomic mass is 19.1. The lowest BCUT2D eigenvalue weighted by Gasteiger charge is -2.37. The molecule has 0 radical (unpaired) electrons. The zero-order valence-electron chi connectivity index (χ0n) is 18.0. The number of carbonyl (C=O) groups excluding carboxylic acids is 2. The maximum Gasteiger partial charge on any atom is 0.249 e. The van der Waals surface area contributed by atoms with Crippen LogP contribution in [0.5, 0.6) is 0 Å². The lowest BCUT2D eigenvalue weighted by Crippen LogP contribution is -2.47. The normalized spacial score (nSPS) is 24.3. The van der Waals surface area contributed by atoms with Crippen molar-refractivity contribution in [2.75, 3.05) is 56.0 Å². The fraction of sp³-hybridized carbons (Fsp3) is 0.636. The first kappa shape index (κ1) is 22.0. The van der Waals surface area contributed by atoms with Gasteiger partial charge in [0.1, 0.15) is 11.9 Å². The van der Waals surface area contributed by atoms with Crippen LogP contribution in [-0.2, 0) is 9.59 Å². The van der Waals surface area contributed by atoms with Crippen molar-refractivity contribution in [1.82, 2.24) is 15.2 Å². The van der Waals surface area contributed by atoms with Crippen molar-refractivity contribution in [1.29, 1.82) is 0 Å². The van der Waals surface area contributed by atoms with Gasteiger partial charge in [-0.2, -0.15) is 0 Å². The summed E-state index contributed by atoms with van der Waals surface area (Å²) in [7, 11) is 0. The first-order chi connectivity index (χ1) is 15.0. The predicted molar refractivity (Wildman–Crippen MR) is 118 cm³/mol. The van der Waals surface area contributed by atoms with Gasteiger partial charge in [0.05, 0.1) is 5.69 Å². The van der Waals surface area contributed by atoms with Crippen LogP contribution in [0.2, 0.25) is 0 Å². The molecule has 1 aromatic carbocycles. The number of rotatable bonds is 6. The van der Waals surface area contributed by atoms with Crippen LogP contribution < -0.4 is 21.4 Å². The average molecular weight is 433 g/mol. The molecular weight excluding hydrogens is 399 g/mol. The molecule has 0 saturated carbocycles. The van der Waals surface area contributed by atoms with Crippen molar-refractivity contribution in [3.63, 3.8) is 0 Å². The molecule has 2 amide bonds. The summed E-state index contributed by atoms with van der Waals surface area (Å²) >= 11 is 0. The van der Waals surface area contributed by atoms with E-state index in [-0.39, 0.29) is 17.6 Å². The number of piperazine rings is 1. The molecule has 3 fully saturated rings. The van der Waals surface area contributed by atoms with Crippen molar-refractivity contribution in [3.05, 3.63) is 24.0 Å². The second-order valence-corrected chi connectivity index (χ2v) is 8.91. The maximum atomic E-state index is 14.8. The quantitative estimate of drug-likeness (QED) is 0.458. The Morgan fingerprint density at radius 2 is 1.81 bits per heavy atom. The second-order valence-electron chi connectivity index (χ2n) is 8.91. The predicted octanol–water partition coefficient (Wildman–Crippen LogP) is 1.14. The van der Waals surface area contributed by atoms with E-state index in [4.69, 9.17) is 5.84 Å². The number of hydrogen-bond acceptors (Lipinski definition) is 7. The molecule has 31 heavy (non-hydrogen) atoms. The number of halogens is 1. The van der Waals surface area contributed by atoms with Gasteiger partial charge < -0.3 is 10.2 Å². The third-order valence-corrected chi connectivity index (χ3v) is 6.74. The minimum Gasteiger partial charge on any atom is -0.374 e. The number of amides is 2. The van der Waals surface area contributed by atoms with E-state index in [0.29, 0.717) is 24.2 Å². The topological polar surface area (TPSA) is 93.9 Å². The molecule has 1 atom stereocenters. The van der Waals surface area contributed by atoms with Gasteiger partial charge in [-0.05, 0) is 56.3 Å². The van der Waals surface area contributed by atoms with E-state index in [9.17, 15) is 14.0 Å². The molecule has 3 saturated heterocycles. The summed E-state index contributed by atoms with van der Waals surface area (Å²) in [5.41, 5.74) is 1.15. The second kappa shape index (κ2) is 9.93. The Kier molecular flexibility index (Phi) is 7.04. The van der Waals surface area contributed by atoms with Crippen molar-refractivity contribution in [3.8, 4) is 0 Å². The van der Waals surface area contributed by atoms with E-state index in [0.717, 1.165) is 51.7 Å². The molecule has 4 rings (SSSR count). The van der Waals surface area contributed by atoms with Gasteiger partial charge in [-0.15, -0.1) is 0 Å². The Labute approximate surface area is 182 Å². The molecule has 0 aliphatic carbocycles. The molecule has 0 spiro atoms. The largest absolute Gasteiger partial charge is 0.374 e. The molecule has 1 aromatic rings. The highest BCUT2D eigenvalue weighted by molar-refractivity contribution is 6.01. The zero-order chi connectivity index (χ0) is 21.8. The van der Waals surface area contributed by atoms with Crippen LogP contribution in [0.3, 0.4) is 0 Å². The fourth-order valence-corrected chi connectivity index (χ4v) is 4.70. The molecule has 8 nitrogen and oxygen atoms in total. The number of nitrogens with zero attached hydrogens (tertiary/aromatic N) is 3. The lowest BCUT2D eigenvalue weighted by molar-refractivity contribution is -0.133. The SMILES string of the molecule is NN1CCC(CCN2CCN(c3ccc(NC4CCC(=O)NC4=O)cc3F)CC2)CC1. The minimum atomic E-state index is -0.511. The van der Waals surface area contributed by atoms with Gasteiger partial charge in [-0.3, -0.25) is 25.6 Å². The fourth-order valence-electron chi connectivity index (χ4n) is 4.70. The van der Waals surface area contributed by atoms with E-state index < -0.39 is 6.04 Å². The number of nitrogens with two attached hydrogens (primary N) is 1. The van der Waals surface area contributed by atoms with Crippen LogP contribution in [0.15, 0.2) is 18.2 Å². The number of nitrogens with one attached hydrogen (secondary N) is 2. The van der Waals surface area contributed by atoms with Crippen molar-refractivity contribution in [2.45, 2.75) is 38.1 Å². The van der Waals surface area contributed by atoms with Crippen molar-refractivity contribution >= 4 is 23.2 Å². The van der Waals surface area contributed by atoms with Crippen molar-refractivity contribution in [2.24, 2.45) is 11.8 Å². The number of benzene rings is 1. The maximum absolute atomic E-state index is 14.8. The van der Waals surface area contributed by atoms with Crippen LogP contribution >= 0.6 is 0 Å². The highest BCUT2D eigenvalue weighted by Crippen LogP contribution is 2.26. The molecule has 170 valence electrons. The summed E-state index contributed by atoms with van der Waals surface area (Å²) in [6, 6.07) is 4.51. The number of piperidine rings is 2. The number of hydrazine groups is 1. The third-order valence-electron chi connectivity index (χ3n) is 6.74. The highest BCUT2D eigenvalue weighted by Gasteiger charge is 2.27. The molecule has 0 bridgehead atoms. The zero-order valence-corrected chi connectivity index (χ0v) is 18.0. The lowest BCUT2D eigenvalue weighted by atomic mass is 9.94. The Morgan fingerprint density at radius 3 is 2.48 bits per heavy atom. The summed E-state index contributed by atoms with van der Waals surface area (Å²) in [4.78, 5) is 27.7. The summed E-state index contributed by atoms with van der Waals surface area (Å²) in [5.74, 6) is 5.69. The van der Waals surface area contributed by atoms with Crippen LogP contribution in [-0.4, -0.2) is 73.6 Å².